The lowest BCUT2D eigenvalue weighted by Gasteiger charge is -2.23. The molecule has 2 aromatic rings. The van der Waals surface area contributed by atoms with Crippen LogP contribution in [0.3, 0.4) is 0 Å². The Labute approximate surface area is 128 Å². The number of aromatic nitrogens is 2. The van der Waals surface area contributed by atoms with E-state index in [2.05, 4.69) is 36.5 Å². The molecule has 1 amide bonds. The summed E-state index contributed by atoms with van der Waals surface area (Å²) in [4.78, 5) is 28.6. The number of aromatic amines is 2. The van der Waals surface area contributed by atoms with Crippen molar-refractivity contribution in [3.63, 3.8) is 0 Å². The molecule has 21 heavy (non-hydrogen) atoms. The topological polar surface area (TPSA) is 99.0 Å². The molecule has 1 fully saturated rings. The molecule has 0 spiro atoms. The second-order valence-corrected chi connectivity index (χ2v) is 5.76. The fraction of sp³-hybridized carbons (Fsp3) is 0.385. The summed E-state index contributed by atoms with van der Waals surface area (Å²) in [6.45, 7) is 2.12. The van der Waals surface area contributed by atoms with E-state index in [1.807, 2.05) is 0 Å². The molecule has 0 saturated carbocycles. The summed E-state index contributed by atoms with van der Waals surface area (Å²) >= 11 is 3.39. The highest BCUT2D eigenvalue weighted by molar-refractivity contribution is 9.10. The summed E-state index contributed by atoms with van der Waals surface area (Å²) in [5.74, 6) is -0.123. The minimum Gasteiger partial charge on any atom is -0.375 e. The molecule has 8 heteroatoms. The number of hydrogen-bond acceptors (Lipinski definition) is 4. The third-order valence-electron chi connectivity index (χ3n) is 3.30. The number of ether oxygens (including phenoxy) is 1. The molecule has 3 rings (SSSR count). The molecule has 0 bridgehead atoms. The van der Waals surface area contributed by atoms with Gasteiger partial charge in [-0.15, -0.1) is 0 Å². The van der Waals surface area contributed by atoms with Gasteiger partial charge in [-0.3, -0.25) is 4.79 Å². The Bertz CT molecular complexity index is 718. The molecule has 4 N–H and O–H groups in total. The molecule has 1 aliphatic rings. The van der Waals surface area contributed by atoms with Crippen molar-refractivity contribution in [1.82, 2.24) is 15.3 Å². The number of nitrogens with one attached hydrogen (secondary N) is 4. The summed E-state index contributed by atoms with van der Waals surface area (Å²) in [5, 5.41) is 6.01. The maximum absolute atomic E-state index is 12.1. The zero-order valence-corrected chi connectivity index (χ0v) is 12.7. The summed E-state index contributed by atoms with van der Waals surface area (Å²) in [5.41, 5.74) is 1.67. The Morgan fingerprint density at radius 3 is 2.86 bits per heavy atom. The van der Waals surface area contributed by atoms with Crippen LogP contribution in [0.2, 0.25) is 0 Å². The van der Waals surface area contributed by atoms with Crippen LogP contribution in [0, 0.1) is 0 Å². The van der Waals surface area contributed by atoms with Crippen molar-refractivity contribution in [3.8, 4) is 0 Å². The van der Waals surface area contributed by atoms with Gasteiger partial charge in [0.05, 0.1) is 35.9 Å². The van der Waals surface area contributed by atoms with Gasteiger partial charge in [0.2, 0.25) is 5.91 Å². The first-order valence-corrected chi connectivity index (χ1v) is 7.45. The highest BCUT2D eigenvalue weighted by atomic mass is 79.9. The Hall–Kier alpha value is -1.64. The van der Waals surface area contributed by atoms with Crippen LogP contribution < -0.4 is 16.3 Å². The SMILES string of the molecule is O=C(CC1CNCCO1)Nc1cc2[nH]c(=O)[nH]c2cc1Br. The Morgan fingerprint density at radius 1 is 1.38 bits per heavy atom. The first kappa shape index (κ1) is 14.3. The smallest absolute Gasteiger partial charge is 0.323 e. The molecule has 2 heterocycles. The molecule has 1 aromatic carbocycles. The van der Waals surface area contributed by atoms with E-state index in [-0.39, 0.29) is 17.7 Å². The molecule has 1 saturated heterocycles. The van der Waals surface area contributed by atoms with E-state index in [1.165, 1.54) is 0 Å². The van der Waals surface area contributed by atoms with Crippen LogP contribution in [-0.4, -0.2) is 41.7 Å². The Morgan fingerprint density at radius 2 is 2.14 bits per heavy atom. The van der Waals surface area contributed by atoms with Gasteiger partial charge in [-0.2, -0.15) is 0 Å². The fourth-order valence-corrected chi connectivity index (χ4v) is 2.75. The van der Waals surface area contributed by atoms with Crippen molar-refractivity contribution in [2.75, 3.05) is 25.0 Å². The van der Waals surface area contributed by atoms with Crippen molar-refractivity contribution in [1.29, 1.82) is 0 Å². The lowest BCUT2D eigenvalue weighted by Crippen LogP contribution is -2.40. The monoisotopic (exact) mass is 354 g/mol. The van der Waals surface area contributed by atoms with Crippen molar-refractivity contribution in [2.24, 2.45) is 0 Å². The maximum Gasteiger partial charge on any atom is 0.323 e. The van der Waals surface area contributed by atoms with E-state index < -0.39 is 0 Å². The minimum absolute atomic E-state index is 0.103. The Kier molecular flexibility index (Phi) is 4.09. The first-order chi connectivity index (χ1) is 10.1. The van der Waals surface area contributed by atoms with E-state index in [9.17, 15) is 9.59 Å². The number of carbonyl (C=O) groups excluding carboxylic acids is 1. The molecule has 0 aliphatic carbocycles. The molecular formula is C13H15BrN4O3. The standard InChI is InChI=1S/C13H15BrN4O3/c14-8-4-10-11(18-13(20)17-10)5-9(8)16-12(19)3-7-6-15-1-2-21-7/h4-5,7,15H,1-3,6H2,(H,16,19)(H2,17,18,20). The molecule has 7 nitrogen and oxygen atoms in total. The van der Waals surface area contributed by atoms with Crippen LogP contribution in [0.5, 0.6) is 0 Å². The van der Waals surface area contributed by atoms with Gasteiger partial charge in [0.1, 0.15) is 0 Å². The van der Waals surface area contributed by atoms with Crippen LogP contribution in [0.1, 0.15) is 6.42 Å². The third kappa shape index (κ3) is 3.34. The number of benzene rings is 1. The van der Waals surface area contributed by atoms with Gasteiger partial charge < -0.3 is 25.3 Å². The van der Waals surface area contributed by atoms with Crippen LogP contribution in [0.25, 0.3) is 11.0 Å². The van der Waals surface area contributed by atoms with Crippen molar-refractivity contribution in [3.05, 3.63) is 27.1 Å². The summed E-state index contributed by atoms with van der Waals surface area (Å²) in [6, 6.07) is 3.47. The van der Waals surface area contributed by atoms with E-state index >= 15 is 0 Å². The van der Waals surface area contributed by atoms with E-state index in [0.717, 1.165) is 6.54 Å². The van der Waals surface area contributed by atoms with Gasteiger partial charge in [-0.1, -0.05) is 0 Å². The number of morpholine rings is 1. The highest BCUT2D eigenvalue weighted by Crippen LogP contribution is 2.26. The number of hydrogen-bond donors (Lipinski definition) is 4. The van der Waals surface area contributed by atoms with Gasteiger partial charge in [0.25, 0.3) is 0 Å². The largest absolute Gasteiger partial charge is 0.375 e. The van der Waals surface area contributed by atoms with Gasteiger partial charge in [0.15, 0.2) is 0 Å². The van der Waals surface area contributed by atoms with Gasteiger partial charge in [0, 0.05) is 17.6 Å². The molecule has 1 aromatic heterocycles. The minimum atomic E-state index is -0.276. The highest BCUT2D eigenvalue weighted by Gasteiger charge is 2.18. The molecule has 0 radical (unpaired) electrons. The van der Waals surface area contributed by atoms with E-state index in [4.69, 9.17) is 4.74 Å². The molecule has 1 atom stereocenters. The summed E-state index contributed by atoms with van der Waals surface area (Å²) in [6.07, 6.45) is 0.189. The van der Waals surface area contributed by atoms with Crippen molar-refractivity contribution in [2.45, 2.75) is 12.5 Å². The van der Waals surface area contributed by atoms with Gasteiger partial charge >= 0.3 is 5.69 Å². The van der Waals surface area contributed by atoms with E-state index in [1.54, 1.807) is 12.1 Å². The lowest BCUT2D eigenvalue weighted by atomic mass is 10.2. The number of carbonyl (C=O) groups is 1. The average molecular weight is 355 g/mol. The molecule has 112 valence electrons. The normalized spacial score (nSPS) is 18.8. The molecule has 1 unspecified atom stereocenters. The molecule has 1 aliphatic heterocycles. The van der Waals surface area contributed by atoms with Gasteiger partial charge in [-0.05, 0) is 28.1 Å². The zero-order valence-electron chi connectivity index (χ0n) is 11.2. The average Bonchev–Trinajstić information content (AvgIpc) is 2.79. The number of rotatable bonds is 3. The third-order valence-corrected chi connectivity index (χ3v) is 3.95. The predicted octanol–water partition coefficient (Wildman–Crippen LogP) is 0.936. The summed E-state index contributed by atoms with van der Waals surface area (Å²) < 4.78 is 6.21. The second kappa shape index (κ2) is 6.00. The van der Waals surface area contributed by atoms with Crippen LogP contribution in [0.15, 0.2) is 21.4 Å². The van der Waals surface area contributed by atoms with Crippen LogP contribution in [0.4, 0.5) is 5.69 Å². The number of halogens is 1. The van der Waals surface area contributed by atoms with Crippen molar-refractivity contribution >= 4 is 38.6 Å². The second-order valence-electron chi connectivity index (χ2n) is 4.91. The van der Waals surface area contributed by atoms with Crippen LogP contribution in [-0.2, 0) is 9.53 Å². The predicted molar refractivity (Wildman–Crippen MR) is 82.5 cm³/mol. The maximum atomic E-state index is 12.1. The van der Waals surface area contributed by atoms with Crippen LogP contribution >= 0.6 is 15.9 Å². The number of imidazole rings is 1. The zero-order chi connectivity index (χ0) is 14.8. The first-order valence-electron chi connectivity index (χ1n) is 6.65. The number of H-pyrrole nitrogens is 2. The number of fused-ring (bicyclic) bond motifs is 1. The van der Waals surface area contributed by atoms with E-state index in [0.29, 0.717) is 40.8 Å². The number of amides is 1. The van der Waals surface area contributed by atoms with Crippen molar-refractivity contribution < 1.29 is 9.53 Å². The summed E-state index contributed by atoms with van der Waals surface area (Å²) in [7, 11) is 0. The lowest BCUT2D eigenvalue weighted by molar-refractivity contribution is -0.119. The molecular weight excluding hydrogens is 340 g/mol. The van der Waals surface area contributed by atoms with Gasteiger partial charge in [-0.25, -0.2) is 4.79 Å². The quantitative estimate of drug-likeness (QED) is 0.659. The number of anilines is 1. The Balaban J connectivity index is 1.72. The fourth-order valence-electron chi connectivity index (χ4n) is 2.31.